The highest BCUT2D eigenvalue weighted by Gasteiger charge is 2.35. The summed E-state index contributed by atoms with van der Waals surface area (Å²) in [5.41, 5.74) is 1.84. The largest absolute Gasteiger partial charge is 0.507 e. The van der Waals surface area contributed by atoms with E-state index in [9.17, 15) is 14.7 Å². The molecule has 0 bridgehead atoms. The van der Waals surface area contributed by atoms with Gasteiger partial charge in [0.25, 0.3) is 5.91 Å². The Kier molecular flexibility index (Phi) is 5.26. The lowest BCUT2D eigenvalue weighted by Gasteiger charge is -2.30. The highest BCUT2D eigenvalue weighted by atomic mass is 16.3. The van der Waals surface area contributed by atoms with Gasteiger partial charge in [-0.15, -0.1) is 0 Å². The molecule has 2 amide bonds. The van der Waals surface area contributed by atoms with Crippen LogP contribution in [0.25, 0.3) is 0 Å². The van der Waals surface area contributed by atoms with Gasteiger partial charge < -0.3 is 15.7 Å². The van der Waals surface area contributed by atoms with Crippen LogP contribution in [0, 0.1) is 0 Å². The molecular formula is C21H24N2O3. The second kappa shape index (κ2) is 7.60. The van der Waals surface area contributed by atoms with Crippen molar-refractivity contribution in [2.24, 2.45) is 0 Å². The first-order valence-corrected chi connectivity index (χ1v) is 8.94. The number of phenolic OH excluding ortho intramolecular Hbond substituents is 1. The number of carbonyl (C=O) groups is 2. The standard InChI is InChI=1S/C21H24N2O3/c1-15(24)23-17-9-10-19(25)18(13-17)20(26)22-14-21(11-5-6-12-21)16-7-3-2-4-8-16/h2-4,7-10,13,25H,5-6,11-12,14H2,1H3,(H,22,26)(H,23,24). The van der Waals surface area contributed by atoms with E-state index in [-0.39, 0.29) is 28.5 Å². The fraction of sp³-hybridized carbons (Fsp3) is 0.333. The predicted molar refractivity (Wildman–Crippen MR) is 101 cm³/mol. The van der Waals surface area contributed by atoms with Gasteiger partial charge in [-0.05, 0) is 36.6 Å². The van der Waals surface area contributed by atoms with Crippen molar-refractivity contribution in [3.63, 3.8) is 0 Å². The lowest BCUT2D eigenvalue weighted by molar-refractivity contribution is -0.114. The van der Waals surface area contributed by atoms with Crippen molar-refractivity contribution < 1.29 is 14.7 Å². The number of carbonyl (C=O) groups excluding carboxylic acids is 2. The number of rotatable bonds is 5. The molecule has 3 rings (SSSR count). The number of benzene rings is 2. The maximum absolute atomic E-state index is 12.6. The molecule has 0 aliphatic heterocycles. The summed E-state index contributed by atoms with van der Waals surface area (Å²) < 4.78 is 0. The van der Waals surface area contributed by atoms with Gasteiger partial charge >= 0.3 is 0 Å². The Balaban J connectivity index is 1.76. The van der Waals surface area contributed by atoms with Crippen LogP contribution in [0.2, 0.25) is 0 Å². The van der Waals surface area contributed by atoms with Gasteiger partial charge in [0.2, 0.25) is 5.91 Å². The van der Waals surface area contributed by atoms with Crippen LogP contribution in [-0.2, 0) is 10.2 Å². The number of nitrogens with one attached hydrogen (secondary N) is 2. The van der Waals surface area contributed by atoms with Gasteiger partial charge in [0.15, 0.2) is 0 Å². The fourth-order valence-corrected chi connectivity index (χ4v) is 3.75. The third-order valence-corrected chi connectivity index (χ3v) is 5.10. The van der Waals surface area contributed by atoms with Crippen molar-refractivity contribution in [1.29, 1.82) is 0 Å². The van der Waals surface area contributed by atoms with E-state index in [0.29, 0.717) is 12.2 Å². The van der Waals surface area contributed by atoms with E-state index < -0.39 is 0 Å². The minimum absolute atomic E-state index is 0.0538. The van der Waals surface area contributed by atoms with Crippen molar-refractivity contribution >= 4 is 17.5 Å². The summed E-state index contributed by atoms with van der Waals surface area (Å²) in [6, 6.07) is 14.8. The van der Waals surface area contributed by atoms with Crippen LogP contribution in [-0.4, -0.2) is 23.5 Å². The van der Waals surface area contributed by atoms with E-state index in [1.54, 1.807) is 6.07 Å². The maximum Gasteiger partial charge on any atom is 0.255 e. The smallest absolute Gasteiger partial charge is 0.255 e. The van der Waals surface area contributed by atoms with E-state index in [2.05, 4.69) is 22.8 Å². The molecular weight excluding hydrogens is 328 g/mol. The zero-order valence-corrected chi connectivity index (χ0v) is 14.9. The SMILES string of the molecule is CC(=O)Nc1ccc(O)c(C(=O)NCC2(c3ccccc3)CCCC2)c1. The molecule has 1 saturated carbocycles. The third kappa shape index (κ3) is 3.87. The average molecular weight is 352 g/mol. The molecule has 1 aliphatic carbocycles. The van der Waals surface area contributed by atoms with Gasteiger partial charge in [0, 0.05) is 24.6 Å². The highest BCUT2D eigenvalue weighted by molar-refractivity contribution is 5.99. The topological polar surface area (TPSA) is 78.4 Å². The Bertz CT molecular complexity index is 796. The Morgan fingerprint density at radius 1 is 1.08 bits per heavy atom. The Labute approximate surface area is 153 Å². The Morgan fingerprint density at radius 2 is 1.77 bits per heavy atom. The highest BCUT2D eigenvalue weighted by Crippen LogP contribution is 2.40. The molecule has 0 radical (unpaired) electrons. The number of aromatic hydroxyl groups is 1. The van der Waals surface area contributed by atoms with Gasteiger partial charge in [-0.3, -0.25) is 9.59 Å². The van der Waals surface area contributed by atoms with Crippen LogP contribution in [0.5, 0.6) is 5.75 Å². The van der Waals surface area contributed by atoms with Gasteiger partial charge in [0.05, 0.1) is 5.56 Å². The molecule has 1 aliphatic rings. The quantitative estimate of drug-likeness (QED) is 0.720. The van der Waals surface area contributed by atoms with Crippen LogP contribution < -0.4 is 10.6 Å². The molecule has 0 unspecified atom stereocenters. The van der Waals surface area contributed by atoms with Crippen LogP contribution in [0.1, 0.15) is 48.5 Å². The fourth-order valence-electron chi connectivity index (χ4n) is 3.75. The summed E-state index contributed by atoms with van der Waals surface area (Å²) in [6.07, 6.45) is 4.37. The summed E-state index contributed by atoms with van der Waals surface area (Å²) in [7, 11) is 0. The summed E-state index contributed by atoms with van der Waals surface area (Å²) >= 11 is 0. The van der Waals surface area contributed by atoms with E-state index in [1.807, 2.05) is 18.2 Å². The third-order valence-electron chi connectivity index (χ3n) is 5.10. The Hall–Kier alpha value is -2.82. The molecule has 0 heterocycles. The van der Waals surface area contributed by atoms with Crippen molar-refractivity contribution in [3.8, 4) is 5.75 Å². The van der Waals surface area contributed by atoms with E-state index in [1.165, 1.54) is 24.6 Å². The first-order chi connectivity index (χ1) is 12.5. The molecule has 5 heteroatoms. The average Bonchev–Trinajstić information content (AvgIpc) is 3.12. The normalized spacial score (nSPS) is 15.4. The number of phenols is 1. The second-order valence-electron chi connectivity index (χ2n) is 6.95. The van der Waals surface area contributed by atoms with E-state index in [4.69, 9.17) is 0 Å². The first-order valence-electron chi connectivity index (χ1n) is 8.94. The summed E-state index contributed by atoms with van der Waals surface area (Å²) in [6.45, 7) is 1.93. The molecule has 0 saturated heterocycles. The van der Waals surface area contributed by atoms with Crippen molar-refractivity contribution in [2.75, 3.05) is 11.9 Å². The number of hydrogen-bond donors (Lipinski definition) is 3. The zero-order valence-electron chi connectivity index (χ0n) is 14.9. The molecule has 2 aromatic rings. The molecule has 1 fully saturated rings. The Morgan fingerprint density at radius 3 is 2.42 bits per heavy atom. The second-order valence-corrected chi connectivity index (χ2v) is 6.95. The zero-order chi connectivity index (χ0) is 18.6. The molecule has 0 spiro atoms. The molecule has 2 aromatic carbocycles. The molecule has 26 heavy (non-hydrogen) atoms. The molecule has 5 nitrogen and oxygen atoms in total. The lowest BCUT2D eigenvalue weighted by Crippen LogP contribution is -2.39. The predicted octanol–water partition coefficient (Wildman–Crippen LogP) is 3.59. The minimum Gasteiger partial charge on any atom is -0.507 e. The van der Waals surface area contributed by atoms with Crippen molar-refractivity contribution in [1.82, 2.24) is 5.32 Å². The van der Waals surface area contributed by atoms with Gasteiger partial charge in [-0.2, -0.15) is 0 Å². The van der Waals surface area contributed by atoms with Gasteiger partial charge in [-0.1, -0.05) is 43.2 Å². The lowest BCUT2D eigenvalue weighted by atomic mass is 9.79. The maximum atomic E-state index is 12.6. The summed E-state index contributed by atoms with van der Waals surface area (Å²) in [4.78, 5) is 23.9. The van der Waals surface area contributed by atoms with Crippen LogP contribution in [0.4, 0.5) is 5.69 Å². The summed E-state index contributed by atoms with van der Waals surface area (Å²) in [5.74, 6) is -0.662. The minimum atomic E-state index is -0.336. The van der Waals surface area contributed by atoms with Crippen molar-refractivity contribution in [2.45, 2.75) is 38.0 Å². The summed E-state index contributed by atoms with van der Waals surface area (Å²) in [5, 5.41) is 15.7. The monoisotopic (exact) mass is 352 g/mol. The molecule has 0 atom stereocenters. The first kappa shape index (κ1) is 18.0. The van der Waals surface area contributed by atoms with Gasteiger partial charge in [0.1, 0.15) is 5.75 Å². The number of anilines is 1. The number of hydrogen-bond acceptors (Lipinski definition) is 3. The van der Waals surface area contributed by atoms with Gasteiger partial charge in [-0.25, -0.2) is 0 Å². The molecule has 136 valence electrons. The van der Waals surface area contributed by atoms with Crippen molar-refractivity contribution in [3.05, 3.63) is 59.7 Å². The molecule has 0 aromatic heterocycles. The van der Waals surface area contributed by atoms with E-state index >= 15 is 0 Å². The molecule has 3 N–H and O–H groups in total. The van der Waals surface area contributed by atoms with Crippen LogP contribution >= 0.6 is 0 Å². The number of amides is 2. The van der Waals surface area contributed by atoms with E-state index in [0.717, 1.165) is 25.7 Å². The van der Waals surface area contributed by atoms with Crippen LogP contribution in [0.3, 0.4) is 0 Å². The van der Waals surface area contributed by atoms with Crippen LogP contribution in [0.15, 0.2) is 48.5 Å².